The van der Waals surface area contributed by atoms with Crippen molar-refractivity contribution >= 4 is 23.0 Å². The van der Waals surface area contributed by atoms with Gasteiger partial charge in [0.2, 0.25) is 0 Å². The van der Waals surface area contributed by atoms with Crippen LogP contribution in [0, 0.1) is 10.1 Å². The zero-order valence-corrected chi connectivity index (χ0v) is 10.0. The van der Waals surface area contributed by atoms with E-state index < -0.39 is 4.92 Å². The number of benzene rings is 1. The molecule has 17 heavy (non-hydrogen) atoms. The first-order chi connectivity index (χ1) is 8.22. The van der Waals surface area contributed by atoms with E-state index in [4.69, 9.17) is 16.3 Å². The zero-order valence-electron chi connectivity index (χ0n) is 9.26. The monoisotopic (exact) mass is 256 g/mol. The van der Waals surface area contributed by atoms with E-state index in [1.807, 2.05) is 0 Å². The normalized spacial score (nSPS) is 15.9. The summed E-state index contributed by atoms with van der Waals surface area (Å²) >= 11 is 5.85. The highest BCUT2D eigenvalue weighted by Gasteiger charge is 2.17. The number of hydrogen-bond donors (Lipinski definition) is 0. The SMILES string of the molecule is O=[N+]([O-])c1ccc(N2CCOCC2)c(CCl)c1. The first-order valence-electron chi connectivity index (χ1n) is 5.38. The van der Waals surface area contributed by atoms with Gasteiger partial charge in [-0.1, -0.05) is 0 Å². The number of morpholine rings is 1. The second kappa shape index (κ2) is 5.33. The molecule has 0 unspecified atom stereocenters. The van der Waals surface area contributed by atoms with Gasteiger partial charge in [0.1, 0.15) is 0 Å². The maximum atomic E-state index is 10.7. The molecule has 0 aromatic heterocycles. The van der Waals surface area contributed by atoms with Crippen LogP contribution in [0.5, 0.6) is 0 Å². The third kappa shape index (κ3) is 2.68. The number of halogens is 1. The molecule has 2 rings (SSSR count). The molecule has 0 spiro atoms. The molecule has 1 fully saturated rings. The van der Waals surface area contributed by atoms with Crippen LogP contribution in [0.3, 0.4) is 0 Å². The maximum absolute atomic E-state index is 10.7. The molecule has 6 heteroatoms. The van der Waals surface area contributed by atoms with Crippen molar-refractivity contribution in [2.75, 3.05) is 31.2 Å². The number of nitro benzene ring substituents is 1. The predicted octanol–water partition coefficient (Wildman–Crippen LogP) is 2.17. The molecule has 1 aliphatic rings. The fraction of sp³-hybridized carbons (Fsp3) is 0.455. The van der Waals surface area contributed by atoms with Gasteiger partial charge in [-0.15, -0.1) is 11.6 Å². The standard InChI is InChI=1S/C11H13ClN2O3/c12-8-9-7-10(14(15)16)1-2-11(9)13-3-5-17-6-4-13/h1-2,7H,3-6,8H2. The largest absolute Gasteiger partial charge is 0.378 e. The van der Waals surface area contributed by atoms with Crippen molar-refractivity contribution in [1.82, 2.24) is 0 Å². The van der Waals surface area contributed by atoms with Gasteiger partial charge in [-0.05, 0) is 11.6 Å². The fourth-order valence-corrected chi connectivity index (χ4v) is 2.12. The van der Waals surface area contributed by atoms with E-state index in [1.165, 1.54) is 12.1 Å². The Morgan fingerprint density at radius 1 is 1.41 bits per heavy atom. The van der Waals surface area contributed by atoms with E-state index in [0.29, 0.717) is 13.2 Å². The molecule has 0 bridgehead atoms. The molecule has 0 N–H and O–H groups in total. The fourth-order valence-electron chi connectivity index (χ4n) is 1.91. The second-order valence-corrected chi connectivity index (χ2v) is 4.07. The quantitative estimate of drug-likeness (QED) is 0.472. The van der Waals surface area contributed by atoms with Gasteiger partial charge in [-0.2, -0.15) is 0 Å². The molecule has 1 aromatic rings. The minimum Gasteiger partial charge on any atom is -0.378 e. The van der Waals surface area contributed by atoms with Gasteiger partial charge >= 0.3 is 0 Å². The Balaban J connectivity index is 2.29. The van der Waals surface area contributed by atoms with Crippen molar-refractivity contribution in [3.05, 3.63) is 33.9 Å². The first kappa shape index (κ1) is 12.1. The van der Waals surface area contributed by atoms with Crippen LogP contribution in [-0.2, 0) is 10.6 Å². The molecule has 1 aliphatic heterocycles. The van der Waals surface area contributed by atoms with Crippen molar-refractivity contribution in [3.63, 3.8) is 0 Å². The predicted molar refractivity (Wildman–Crippen MR) is 65.7 cm³/mol. The topological polar surface area (TPSA) is 55.6 Å². The lowest BCUT2D eigenvalue weighted by Crippen LogP contribution is -2.36. The van der Waals surface area contributed by atoms with E-state index in [1.54, 1.807) is 6.07 Å². The summed E-state index contributed by atoms with van der Waals surface area (Å²) in [6.07, 6.45) is 0. The number of nitrogens with zero attached hydrogens (tertiary/aromatic N) is 2. The first-order valence-corrected chi connectivity index (χ1v) is 5.92. The Morgan fingerprint density at radius 3 is 2.71 bits per heavy atom. The van der Waals surface area contributed by atoms with E-state index in [2.05, 4.69) is 4.90 Å². The molecule has 1 aromatic carbocycles. The highest BCUT2D eigenvalue weighted by molar-refractivity contribution is 6.17. The van der Waals surface area contributed by atoms with Crippen molar-refractivity contribution in [2.24, 2.45) is 0 Å². The minimum absolute atomic E-state index is 0.0812. The maximum Gasteiger partial charge on any atom is 0.269 e. The Hall–Kier alpha value is -1.33. The number of alkyl halides is 1. The number of nitro groups is 1. The van der Waals surface area contributed by atoms with Crippen molar-refractivity contribution < 1.29 is 9.66 Å². The molecule has 92 valence electrons. The van der Waals surface area contributed by atoms with Crippen LogP contribution >= 0.6 is 11.6 Å². The molecular weight excluding hydrogens is 244 g/mol. The van der Waals surface area contributed by atoms with Gasteiger partial charge in [-0.3, -0.25) is 10.1 Å². The van der Waals surface area contributed by atoms with Crippen LogP contribution in [-0.4, -0.2) is 31.2 Å². The van der Waals surface area contributed by atoms with E-state index in [9.17, 15) is 10.1 Å². The van der Waals surface area contributed by atoms with Gasteiger partial charge in [0.05, 0.1) is 18.1 Å². The summed E-state index contributed by atoms with van der Waals surface area (Å²) in [4.78, 5) is 12.4. The molecule has 0 radical (unpaired) electrons. The molecule has 0 saturated carbocycles. The van der Waals surface area contributed by atoms with Crippen LogP contribution in [0.1, 0.15) is 5.56 Å². The molecule has 0 atom stereocenters. The van der Waals surface area contributed by atoms with Crippen LogP contribution in [0.2, 0.25) is 0 Å². The smallest absolute Gasteiger partial charge is 0.269 e. The highest BCUT2D eigenvalue weighted by atomic mass is 35.5. The summed E-state index contributed by atoms with van der Waals surface area (Å²) in [6.45, 7) is 2.95. The molecule has 0 aliphatic carbocycles. The zero-order chi connectivity index (χ0) is 12.3. The molecule has 1 saturated heterocycles. The average molecular weight is 257 g/mol. The number of ether oxygens (including phenoxy) is 1. The Bertz CT molecular complexity index is 419. The molecule has 1 heterocycles. The van der Waals surface area contributed by atoms with Gasteiger partial charge in [0.25, 0.3) is 5.69 Å². The summed E-state index contributed by atoms with van der Waals surface area (Å²) in [5.74, 6) is 0.272. The third-order valence-electron chi connectivity index (χ3n) is 2.77. The highest BCUT2D eigenvalue weighted by Crippen LogP contribution is 2.27. The third-order valence-corrected chi connectivity index (χ3v) is 3.06. The van der Waals surface area contributed by atoms with Gasteiger partial charge in [-0.25, -0.2) is 0 Å². The summed E-state index contributed by atoms with van der Waals surface area (Å²) in [5, 5.41) is 10.7. The van der Waals surface area contributed by atoms with E-state index >= 15 is 0 Å². The van der Waals surface area contributed by atoms with Crippen LogP contribution in [0.15, 0.2) is 18.2 Å². The Morgan fingerprint density at radius 2 is 2.12 bits per heavy atom. The lowest BCUT2D eigenvalue weighted by molar-refractivity contribution is -0.384. The van der Waals surface area contributed by atoms with E-state index in [-0.39, 0.29) is 11.6 Å². The van der Waals surface area contributed by atoms with Gasteiger partial charge in [0.15, 0.2) is 0 Å². The summed E-state index contributed by atoms with van der Waals surface area (Å²) in [5.41, 5.74) is 1.84. The van der Waals surface area contributed by atoms with Crippen molar-refractivity contribution in [2.45, 2.75) is 5.88 Å². The van der Waals surface area contributed by atoms with Crippen molar-refractivity contribution in [1.29, 1.82) is 0 Å². The number of non-ortho nitro benzene ring substituents is 1. The van der Waals surface area contributed by atoms with E-state index in [0.717, 1.165) is 24.3 Å². The minimum atomic E-state index is -0.404. The van der Waals surface area contributed by atoms with Crippen LogP contribution in [0.4, 0.5) is 11.4 Å². The molecule has 5 nitrogen and oxygen atoms in total. The Labute approximate surface area is 104 Å². The number of anilines is 1. The lowest BCUT2D eigenvalue weighted by atomic mass is 10.1. The second-order valence-electron chi connectivity index (χ2n) is 3.80. The summed E-state index contributed by atoms with van der Waals surface area (Å²) in [6, 6.07) is 4.82. The molecular formula is C11H13ClN2O3. The summed E-state index contributed by atoms with van der Waals surface area (Å²) in [7, 11) is 0. The van der Waals surface area contributed by atoms with Crippen LogP contribution < -0.4 is 4.90 Å². The Kier molecular flexibility index (Phi) is 3.81. The van der Waals surface area contributed by atoms with Gasteiger partial charge in [0, 0.05) is 36.8 Å². The number of hydrogen-bond acceptors (Lipinski definition) is 4. The van der Waals surface area contributed by atoms with Crippen molar-refractivity contribution in [3.8, 4) is 0 Å². The number of rotatable bonds is 3. The van der Waals surface area contributed by atoms with Gasteiger partial charge < -0.3 is 9.64 Å². The summed E-state index contributed by atoms with van der Waals surface area (Å²) < 4.78 is 5.27. The lowest BCUT2D eigenvalue weighted by Gasteiger charge is -2.30. The van der Waals surface area contributed by atoms with Crippen LogP contribution in [0.25, 0.3) is 0 Å². The average Bonchev–Trinajstić information content (AvgIpc) is 2.39. The molecule has 0 amide bonds.